The number of aliphatic hydroxyl groups is 1. The van der Waals surface area contributed by atoms with Gasteiger partial charge in [-0.2, -0.15) is 8.42 Å². The third-order valence-corrected chi connectivity index (χ3v) is 9.59. The van der Waals surface area contributed by atoms with E-state index in [1.54, 1.807) is 12.1 Å². The van der Waals surface area contributed by atoms with E-state index >= 15 is 0 Å². The maximum absolute atomic E-state index is 13.3. The number of hydrogen-bond donors (Lipinski definition) is 2. The second-order valence-corrected chi connectivity index (χ2v) is 12.8. The third kappa shape index (κ3) is 4.88. The fourth-order valence-electron chi connectivity index (χ4n) is 5.51. The van der Waals surface area contributed by atoms with Crippen LogP contribution in [-0.4, -0.2) is 62.3 Å². The van der Waals surface area contributed by atoms with Crippen LogP contribution in [0.15, 0.2) is 41.4 Å². The highest BCUT2D eigenvalue weighted by Gasteiger charge is 2.55. The molecule has 2 saturated heterocycles. The van der Waals surface area contributed by atoms with Gasteiger partial charge in [-0.05, 0) is 74.3 Å². The Morgan fingerprint density at radius 1 is 1.05 bits per heavy atom. The SMILES string of the molecule is Cc1ccc(N2CCC3(CC2)CC3)c(OC2(C(=O)NS(=O)(=O)c3cccc(N4CC[C@H](O)C4)n3)CC2)c1. The molecule has 2 aromatic rings. The molecule has 6 rings (SSSR count). The molecule has 0 unspecified atom stereocenters. The Hall–Kier alpha value is -2.85. The predicted molar refractivity (Wildman–Crippen MR) is 139 cm³/mol. The lowest BCUT2D eigenvalue weighted by Crippen LogP contribution is -2.44. The summed E-state index contributed by atoms with van der Waals surface area (Å²) in [5.74, 6) is 0.423. The summed E-state index contributed by atoms with van der Waals surface area (Å²) in [6.07, 6.45) is 6.04. The number of carbonyl (C=O) groups is 1. The molecule has 1 aromatic carbocycles. The first kappa shape index (κ1) is 24.5. The second kappa shape index (κ2) is 8.87. The topological polar surface area (TPSA) is 112 Å². The van der Waals surface area contributed by atoms with Crippen molar-refractivity contribution in [2.45, 2.75) is 68.6 Å². The van der Waals surface area contributed by atoms with Gasteiger partial charge >= 0.3 is 0 Å². The van der Waals surface area contributed by atoms with Crippen LogP contribution < -0.4 is 19.3 Å². The van der Waals surface area contributed by atoms with E-state index in [1.807, 2.05) is 30.0 Å². The van der Waals surface area contributed by atoms with Crippen LogP contribution in [0.2, 0.25) is 0 Å². The van der Waals surface area contributed by atoms with Crippen LogP contribution in [0, 0.1) is 12.3 Å². The average Bonchev–Trinajstić information content (AvgIpc) is 3.78. The maximum atomic E-state index is 13.3. The molecule has 2 aliphatic heterocycles. The number of rotatable bonds is 7. The van der Waals surface area contributed by atoms with Crippen molar-refractivity contribution in [3.8, 4) is 5.75 Å². The highest BCUT2D eigenvalue weighted by Crippen LogP contribution is 2.54. The summed E-state index contributed by atoms with van der Waals surface area (Å²) in [5, 5.41) is 9.58. The highest BCUT2D eigenvalue weighted by atomic mass is 32.2. The number of aryl methyl sites for hydroxylation is 1. The van der Waals surface area contributed by atoms with Gasteiger partial charge in [0.05, 0.1) is 11.8 Å². The summed E-state index contributed by atoms with van der Waals surface area (Å²) in [7, 11) is -4.20. The normalized spacial score (nSPS) is 23.7. The fraction of sp³-hybridized carbons (Fsp3) is 0.556. The number of carbonyl (C=O) groups excluding carboxylic acids is 1. The zero-order valence-electron chi connectivity index (χ0n) is 21.1. The largest absolute Gasteiger partial charge is 0.475 e. The number of anilines is 2. The summed E-state index contributed by atoms with van der Waals surface area (Å²) < 4.78 is 34.8. The Morgan fingerprint density at radius 2 is 1.81 bits per heavy atom. The Kier molecular flexibility index (Phi) is 5.87. The highest BCUT2D eigenvalue weighted by molar-refractivity contribution is 7.90. The number of β-amino-alcohol motifs (C(OH)–C–C–N with tert-alkyl or cyclic N) is 1. The summed E-state index contributed by atoms with van der Waals surface area (Å²) in [4.78, 5) is 21.7. The first-order valence-corrected chi connectivity index (χ1v) is 14.7. The van der Waals surface area contributed by atoms with Crippen LogP contribution in [0.4, 0.5) is 11.5 Å². The number of amides is 1. The van der Waals surface area contributed by atoms with Gasteiger partial charge in [-0.3, -0.25) is 4.79 Å². The van der Waals surface area contributed by atoms with Crippen molar-refractivity contribution in [2.24, 2.45) is 5.41 Å². The lowest BCUT2D eigenvalue weighted by molar-refractivity contribution is -0.127. The molecule has 198 valence electrons. The van der Waals surface area contributed by atoms with Crippen molar-refractivity contribution < 1.29 is 23.1 Å². The van der Waals surface area contributed by atoms with E-state index in [1.165, 1.54) is 31.7 Å². The third-order valence-electron chi connectivity index (χ3n) is 8.36. The van der Waals surface area contributed by atoms with Gasteiger partial charge in [0.1, 0.15) is 11.6 Å². The number of nitrogens with one attached hydrogen (secondary N) is 1. The van der Waals surface area contributed by atoms with Crippen LogP contribution in [0.3, 0.4) is 0 Å². The fourth-order valence-corrected chi connectivity index (χ4v) is 6.52. The minimum atomic E-state index is -4.20. The number of aromatic nitrogens is 1. The van der Waals surface area contributed by atoms with Crippen molar-refractivity contribution in [3.05, 3.63) is 42.0 Å². The van der Waals surface area contributed by atoms with E-state index in [4.69, 9.17) is 4.74 Å². The first-order chi connectivity index (χ1) is 17.7. The summed E-state index contributed by atoms with van der Waals surface area (Å²) in [6, 6.07) is 10.7. The maximum Gasteiger partial charge on any atom is 0.281 e. The van der Waals surface area contributed by atoms with Crippen LogP contribution >= 0.6 is 0 Å². The van der Waals surface area contributed by atoms with Gasteiger partial charge in [-0.1, -0.05) is 12.1 Å². The number of piperidine rings is 1. The molecule has 0 radical (unpaired) electrons. The van der Waals surface area contributed by atoms with E-state index in [0.29, 0.717) is 49.3 Å². The number of benzene rings is 1. The van der Waals surface area contributed by atoms with Gasteiger partial charge in [0, 0.05) is 39.0 Å². The van der Waals surface area contributed by atoms with Crippen molar-refractivity contribution in [1.82, 2.24) is 9.71 Å². The van der Waals surface area contributed by atoms with Crippen LogP contribution in [0.25, 0.3) is 0 Å². The van der Waals surface area contributed by atoms with Crippen LogP contribution in [-0.2, 0) is 14.8 Å². The lowest BCUT2D eigenvalue weighted by atomic mass is 9.93. The second-order valence-electron chi connectivity index (χ2n) is 11.2. The molecule has 1 amide bonds. The molecule has 3 heterocycles. The van der Waals surface area contributed by atoms with Gasteiger partial charge in [-0.15, -0.1) is 0 Å². The number of aliphatic hydroxyl groups excluding tert-OH is 1. The summed E-state index contributed by atoms with van der Waals surface area (Å²) >= 11 is 0. The molecule has 10 heteroatoms. The molecule has 2 aliphatic carbocycles. The van der Waals surface area contributed by atoms with E-state index in [9.17, 15) is 18.3 Å². The van der Waals surface area contributed by atoms with Crippen LogP contribution in [0.1, 0.15) is 50.5 Å². The minimum absolute atomic E-state index is 0.228. The molecule has 1 atom stereocenters. The average molecular weight is 527 g/mol. The van der Waals surface area contributed by atoms with E-state index in [-0.39, 0.29) is 5.03 Å². The molecule has 4 aliphatic rings. The molecule has 4 fully saturated rings. The molecule has 9 nitrogen and oxygen atoms in total. The zero-order chi connectivity index (χ0) is 25.8. The standard InChI is InChI=1S/C27H34N4O5S/c1-19-5-6-21(30-15-12-26(8-9-26)13-16-30)22(17-19)36-27(10-11-27)25(33)29-37(34,35)24-4-2-3-23(28-24)31-14-7-20(32)18-31/h2-6,17,20,32H,7-16,18H2,1H3,(H,29,33)/t20-/m0/s1. The lowest BCUT2D eigenvalue weighted by Gasteiger charge is -2.35. The predicted octanol–water partition coefficient (Wildman–Crippen LogP) is 2.76. The van der Waals surface area contributed by atoms with Crippen LogP contribution in [0.5, 0.6) is 5.75 Å². The van der Waals surface area contributed by atoms with Crippen molar-refractivity contribution in [1.29, 1.82) is 0 Å². The molecular formula is C27H34N4O5S. The van der Waals surface area contributed by atoms with Crippen molar-refractivity contribution >= 4 is 27.4 Å². The Morgan fingerprint density at radius 3 is 2.46 bits per heavy atom. The molecule has 2 N–H and O–H groups in total. The number of ether oxygens (including phenoxy) is 1. The minimum Gasteiger partial charge on any atom is -0.475 e. The number of sulfonamides is 1. The molecule has 1 spiro atoms. The Bertz CT molecular complexity index is 1310. The zero-order valence-corrected chi connectivity index (χ0v) is 22.0. The quantitative estimate of drug-likeness (QED) is 0.567. The van der Waals surface area contributed by atoms with E-state index < -0.39 is 27.6 Å². The Balaban J connectivity index is 1.18. The van der Waals surface area contributed by atoms with Gasteiger partial charge in [0.15, 0.2) is 10.6 Å². The Labute approximate surface area is 217 Å². The van der Waals surface area contributed by atoms with Crippen molar-refractivity contribution in [3.63, 3.8) is 0 Å². The molecular weight excluding hydrogens is 492 g/mol. The van der Waals surface area contributed by atoms with E-state index in [2.05, 4.69) is 14.6 Å². The number of nitrogens with zero attached hydrogens (tertiary/aromatic N) is 3. The molecule has 37 heavy (non-hydrogen) atoms. The van der Waals surface area contributed by atoms with E-state index in [0.717, 1.165) is 24.3 Å². The van der Waals surface area contributed by atoms with Gasteiger partial charge < -0.3 is 19.6 Å². The molecule has 1 aromatic heterocycles. The summed E-state index contributed by atoms with van der Waals surface area (Å²) in [5.41, 5.74) is 1.32. The number of hydrogen-bond acceptors (Lipinski definition) is 8. The summed E-state index contributed by atoms with van der Waals surface area (Å²) in [6.45, 7) is 4.90. The smallest absolute Gasteiger partial charge is 0.281 e. The first-order valence-electron chi connectivity index (χ1n) is 13.2. The number of pyridine rings is 1. The monoisotopic (exact) mass is 526 g/mol. The van der Waals surface area contributed by atoms with Crippen molar-refractivity contribution in [2.75, 3.05) is 36.0 Å². The van der Waals surface area contributed by atoms with Gasteiger partial charge in [0.25, 0.3) is 15.9 Å². The molecule has 2 saturated carbocycles. The van der Waals surface area contributed by atoms with Gasteiger partial charge in [0.2, 0.25) is 0 Å². The van der Waals surface area contributed by atoms with Gasteiger partial charge in [-0.25, -0.2) is 9.71 Å². The molecule has 0 bridgehead atoms.